The molecule has 1 aromatic rings. The minimum Gasteiger partial charge on any atom is -0.478 e. The number of nitrogens with zero attached hydrogens (tertiary/aromatic N) is 3. The molecule has 1 aromatic heterocycles. The molecule has 0 spiro atoms. The molecule has 3 rings (SSSR count). The average molecular weight is 489 g/mol. The van der Waals surface area contributed by atoms with Crippen LogP contribution in [-0.4, -0.2) is 78.1 Å². The highest BCUT2D eigenvalue weighted by Gasteiger charge is 2.70. The zero-order valence-electron chi connectivity index (χ0n) is 16.2. The van der Waals surface area contributed by atoms with Crippen molar-refractivity contribution in [1.29, 1.82) is 0 Å². The molecule has 0 bridgehead atoms. The minimum atomic E-state index is -1.33. The fourth-order valence-corrected chi connectivity index (χ4v) is 6.26. The predicted molar refractivity (Wildman–Crippen MR) is 114 cm³/mol. The van der Waals surface area contributed by atoms with Crippen molar-refractivity contribution in [3.63, 3.8) is 0 Å². The first kappa shape index (κ1) is 23.1. The lowest BCUT2D eigenvalue weighted by atomic mass is 10.0. The SMILES string of the molecule is CS[N+]12C(=O)C(NC(=O)C(=NOC(C)C(=O)O)c3csc(N)n3)[C@@H]1SCC=C2C(=O)O. The third kappa shape index (κ3) is 4.00. The summed E-state index contributed by atoms with van der Waals surface area (Å²) in [4.78, 5) is 57.3. The third-order valence-electron chi connectivity index (χ3n) is 4.56. The molecule has 31 heavy (non-hydrogen) atoms. The largest absolute Gasteiger partial charge is 0.478 e. The number of carboxylic acids is 2. The van der Waals surface area contributed by atoms with Gasteiger partial charge in [-0.05, 0) is 13.0 Å². The van der Waals surface area contributed by atoms with Crippen LogP contribution in [0.3, 0.4) is 0 Å². The molecule has 12 nitrogen and oxygen atoms in total. The summed E-state index contributed by atoms with van der Waals surface area (Å²) in [5.41, 5.74) is 5.26. The number of thiazole rings is 1. The van der Waals surface area contributed by atoms with Crippen molar-refractivity contribution in [1.82, 2.24) is 10.3 Å². The molecule has 0 aliphatic carbocycles. The molecular formula is C16H18N5O7S3+. The van der Waals surface area contributed by atoms with E-state index < -0.39 is 45.2 Å². The number of nitrogens with one attached hydrogen (secondary N) is 1. The van der Waals surface area contributed by atoms with Gasteiger partial charge in [-0.15, -0.1) is 15.2 Å². The predicted octanol–water partition coefficient (Wildman–Crippen LogP) is 0.0803. The number of nitrogen functional groups attached to an aromatic ring is 1. The molecule has 166 valence electrons. The number of rotatable bonds is 8. The molecule has 3 unspecified atom stereocenters. The van der Waals surface area contributed by atoms with Crippen molar-refractivity contribution in [3.8, 4) is 0 Å². The highest BCUT2D eigenvalue weighted by Crippen LogP contribution is 2.50. The number of carbonyl (C=O) groups is 4. The number of thioether (sulfide) groups is 1. The molecule has 0 aromatic carbocycles. The average Bonchev–Trinajstić information content (AvgIpc) is 3.16. The Hall–Kier alpha value is -2.62. The number of carbonyl (C=O) groups excluding carboxylic acids is 2. The summed E-state index contributed by atoms with van der Waals surface area (Å²) >= 11 is 3.44. The summed E-state index contributed by atoms with van der Waals surface area (Å²) < 4.78 is -0.451. The fourth-order valence-electron chi connectivity index (χ4n) is 3.04. The Morgan fingerprint density at radius 2 is 2.16 bits per heavy atom. The number of quaternary nitrogens is 1. The van der Waals surface area contributed by atoms with E-state index in [-0.39, 0.29) is 22.2 Å². The van der Waals surface area contributed by atoms with Crippen LogP contribution < -0.4 is 11.1 Å². The number of amides is 2. The van der Waals surface area contributed by atoms with E-state index in [1.165, 1.54) is 30.1 Å². The Morgan fingerprint density at radius 1 is 1.45 bits per heavy atom. The van der Waals surface area contributed by atoms with E-state index in [0.717, 1.165) is 23.3 Å². The maximum Gasteiger partial charge on any atom is 0.391 e. The molecule has 1 fully saturated rings. The first-order valence-corrected chi connectivity index (χ1v) is 11.8. The van der Waals surface area contributed by atoms with Gasteiger partial charge in [0.2, 0.25) is 17.8 Å². The summed E-state index contributed by atoms with van der Waals surface area (Å²) in [6.07, 6.45) is 1.78. The first-order chi connectivity index (χ1) is 14.6. The van der Waals surface area contributed by atoms with Gasteiger partial charge in [0.15, 0.2) is 16.2 Å². The van der Waals surface area contributed by atoms with Crippen LogP contribution in [-0.2, 0) is 24.0 Å². The van der Waals surface area contributed by atoms with Crippen molar-refractivity contribution in [2.75, 3.05) is 17.7 Å². The topological polar surface area (TPSA) is 181 Å². The molecule has 2 aliphatic heterocycles. The molecule has 2 aliphatic rings. The number of β-lactam (4-membered cyclic amide) rings is 1. The second kappa shape index (κ2) is 8.86. The van der Waals surface area contributed by atoms with Gasteiger partial charge in [-0.3, -0.25) is 4.79 Å². The van der Waals surface area contributed by atoms with Gasteiger partial charge in [0.05, 0.1) is 11.9 Å². The minimum absolute atomic E-state index is 0.0495. The van der Waals surface area contributed by atoms with E-state index in [4.69, 9.17) is 15.7 Å². The number of carboxylic acid groups (broad SMARTS) is 2. The zero-order valence-corrected chi connectivity index (χ0v) is 18.6. The Bertz CT molecular complexity index is 1010. The third-order valence-corrected chi connectivity index (χ3v) is 7.84. The van der Waals surface area contributed by atoms with Gasteiger partial charge in [-0.25, -0.2) is 19.4 Å². The molecule has 0 saturated carbocycles. The lowest BCUT2D eigenvalue weighted by Crippen LogP contribution is -2.78. The van der Waals surface area contributed by atoms with Crippen molar-refractivity contribution in [3.05, 3.63) is 22.8 Å². The number of aliphatic carboxylic acids is 2. The molecule has 1 saturated heterocycles. The Labute approximate surface area is 188 Å². The van der Waals surface area contributed by atoms with Crippen LogP contribution in [0.25, 0.3) is 0 Å². The van der Waals surface area contributed by atoms with Crippen LogP contribution in [0.4, 0.5) is 5.13 Å². The van der Waals surface area contributed by atoms with Crippen LogP contribution in [0.15, 0.2) is 22.3 Å². The summed E-state index contributed by atoms with van der Waals surface area (Å²) in [7, 11) is 0. The number of aromatic nitrogens is 1. The molecular weight excluding hydrogens is 470 g/mol. The van der Waals surface area contributed by atoms with Crippen molar-refractivity contribution in [2.45, 2.75) is 24.4 Å². The maximum absolute atomic E-state index is 13.0. The van der Waals surface area contributed by atoms with Gasteiger partial charge in [0.1, 0.15) is 5.69 Å². The standard InChI is InChI=1S/C16H17N5O7S3/c1-6(14(24)25)28-20-9(7-5-31-16(17)18-7)11(22)19-10-12(23)21(29-2)8(15(26)27)3-4-30-13(10)21/h3,5-6,10,13H,4H2,1-2H3,(H4-,17,18,19,22,24,25,26,27)/p+1/t6?,10?,13-,21?/m0/s1. The molecule has 3 heterocycles. The van der Waals surface area contributed by atoms with Crippen molar-refractivity contribution in [2.24, 2.45) is 5.16 Å². The number of fused-ring (bicyclic) bond motifs is 1. The van der Waals surface area contributed by atoms with Gasteiger partial charge in [-0.2, -0.15) is 0 Å². The molecule has 4 atom stereocenters. The number of hydrogen-bond donors (Lipinski definition) is 4. The lowest BCUT2D eigenvalue weighted by molar-refractivity contribution is -0.719. The van der Waals surface area contributed by atoms with E-state index in [0.29, 0.717) is 5.75 Å². The van der Waals surface area contributed by atoms with E-state index in [2.05, 4.69) is 15.5 Å². The number of nitrogens with two attached hydrogens (primary N) is 1. The molecule has 5 N–H and O–H groups in total. The van der Waals surface area contributed by atoms with Crippen LogP contribution in [0.2, 0.25) is 0 Å². The molecule has 2 amide bonds. The second-order valence-electron chi connectivity index (χ2n) is 6.35. The number of oxime groups is 1. The fraction of sp³-hybridized carbons (Fsp3) is 0.375. The summed E-state index contributed by atoms with van der Waals surface area (Å²) in [5.74, 6) is -3.44. The van der Waals surface area contributed by atoms with Gasteiger partial charge in [0, 0.05) is 17.4 Å². The van der Waals surface area contributed by atoms with E-state index in [9.17, 15) is 24.3 Å². The summed E-state index contributed by atoms with van der Waals surface area (Å²) in [6, 6.07) is -0.980. The molecule has 0 radical (unpaired) electrons. The molecule has 15 heteroatoms. The van der Waals surface area contributed by atoms with E-state index in [1.54, 1.807) is 6.26 Å². The van der Waals surface area contributed by atoms with Crippen LogP contribution >= 0.6 is 35.0 Å². The lowest BCUT2D eigenvalue weighted by Gasteiger charge is -2.51. The Kier molecular flexibility index (Phi) is 6.59. The first-order valence-electron chi connectivity index (χ1n) is 8.66. The van der Waals surface area contributed by atoms with Gasteiger partial charge >= 0.3 is 17.8 Å². The highest BCUT2D eigenvalue weighted by molar-refractivity contribution is 8.01. The van der Waals surface area contributed by atoms with E-state index >= 15 is 0 Å². The van der Waals surface area contributed by atoms with Crippen LogP contribution in [0.1, 0.15) is 12.6 Å². The monoisotopic (exact) mass is 488 g/mol. The summed E-state index contributed by atoms with van der Waals surface area (Å²) in [5, 5.41) is 25.7. The van der Waals surface area contributed by atoms with Crippen LogP contribution in [0.5, 0.6) is 0 Å². The van der Waals surface area contributed by atoms with Crippen molar-refractivity contribution >= 4 is 69.6 Å². The summed E-state index contributed by atoms with van der Waals surface area (Å²) in [6.45, 7) is 1.23. The normalized spacial score (nSPS) is 26.2. The Morgan fingerprint density at radius 3 is 2.71 bits per heavy atom. The van der Waals surface area contributed by atoms with Crippen LogP contribution in [0, 0.1) is 0 Å². The van der Waals surface area contributed by atoms with Gasteiger partial charge in [-0.1, -0.05) is 16.9 Å². The quantitative estimate of drug-likeness (QED) is 0.128. The number of hydrogen-bond acceptors (Lipinski definition) is 11. The van der Waals surface area contributed by atoms with Gasteiger partial charge < -0.3 is 26.1 Å². The van der Waals surface area contributed by atoms with E-state index in [1.807, 2.05) is 0 Å². The van der Waals surface area contributed by atoms with Gasteiger partial charge in [0.25, 0.3) is 5.91 Å². The second-order valence-corrected chi connectivity index (χ2v) is 9.33. The highest BCUT2D eigenvalue weighted by atomic mass is 32.2. The maximum atomic E-state index is 13.0. The Balaban J connectivity index is 1.85. The number of anilines is 1. The smallest absolute Gasteiger partial charge is 0.391 e. The zero-order chi connectivity index (χ0) is 22.9. The van der Waals surface area contributed by atoms with Crippen molar-refractivity contribution < 1.29 is 38.1 Å².